The molecule has 0 rings (SSSR count). The van der Waals surface area contributed by atoms with Crippen LogP contribution in [0.1, 0.15) is 13.8 Å². The molecular formula is C10H10O8. The quantitative estimate of drug-likeness (QED) is 0.240. The standard InChI is InChI=1S/C10H10O8/c1-5(2)7(11)15-9(13)17-18-10(14)16-8(12)6(3)4/h1,3H2,2,4H3. The summed E-state index contributed by atoms with van der Waals surface area (Å²) in [6.07, 6.45) is -3.22. The second-order valence-electron chi connectivity index (χ2n) is 3.01. The Bertz CT molecular complexity index is 380. The Kier molecular flexibility index (Phi) is 5.84. The first-order valence-electron chi connectivity index (χ1n) is 4.42. The van der Waals surface area contributed by atoms with Crippen LogP contribution in [0.4, 0.5) is 9.59 Å². The van der Waals surface area contributed by atoms with Crippen molar-refractivity contribution in [1.29, 1.82) is 0 Å². The highest BCUT2D eigenvalue weighted by Gasteiger charge is 2.19. The Balaban J connectivity index is 4.03. The van der Waals surface area contributed by atoms with Gasteiger partial charge in [-0.1, -0.05) is 13.2 Å². The van der Waals surface area contributed by atoms with Crippen LogP contribution in [0.2, 0.25) is 0 Å². The van der Waals surface area contributed by atoms with Crippen molar-refractivity contribution in [1.82, 2.24) is 0 Å². The predicted octanol–water partition coefficient (Wildman–Crippen LogP) is 1.41. The molecule has 0 saturated heterocycles. The maximum Gasteiger partial charge on any atom is 0.558 e. The van der Waals surface area contributed by atoms with Crippen LogP contribution < -0.4 is 0 Å². The summed E-state index contributed by atoms with van der Waals surface area (Å²) in [5.74, 6) is -2.12. The zero-order chi connectivity index (χ0) is 14.3. The van der Waals surface area contributed by atoms with Gasteiger partial charge >= 0.3 is 24.2 Å². The maximum absolute atomic E-state index is 10.8. The van der Waals surface area contributed by atoms with E-state index in [1.807, 2.05) is 0 Å². The van der Waals surface area contributed by atoms with E-state index in [9.17, 15) is 19.2 Å². The van der Waals surface area contributed by atoms with E-state index in [0.717, 1.165) is 0 Å². The molecule has 8 nitrogen and oxygen atoms in total. The monoisotopic (exact) mass is 258 g/mol. The number of hydrogen-bond acceptors (Lipinski definition) is 8. The van der Waals surface area contributed by atoms with Crippen LogP contribution in [-0.4, -0.2) is 24.2 Å². The van der Waals surface area contributed by atoms with Crippen LogP contribution in [0.3, 0.4) is 0 Å². The third-order valence-corrected chi connectivity index (χ3v) is 1.23. The Morgan fingerprint density at radius 3 is 1.22 bits per heavy atom. The van der Waals surface area contributed by atoms with Gasteiger partial charge in [0.25, 0.3) is 0 Å². The highest BCUT2D eigenvalue weighted by molar-refractivity contribution is 5.94. The number of esters is 2. The van der Waals surface area contributed by atoms with Gasteiger partial charge in [-0.3, -0.25) is 0 Å². The summed E-state index contributed by atoms with van der Waals surface area (Å²) in [6.45, 7) is 8.96. The molecule has 8 heteroatoms. The van der Waals surface area contributed by atoms with E-state index in [2.05, 4.69) is 32.4 Å². The molecule has 0 aromatic rings. The van der Waals surface area contributed by atoms with Gasteiger partial charge in [0.2, 0.25) is 0 Å². The summed E-state index contributed by atoms with van der Waals surface area (Å²) in [5, 5.41) is 0. The Morgan fingerprint density at radius 2 is 1.00 bits per heavy atom. The number of carbonyl (C=O) groups is 4. The lowest BCUT2D eigenvalue weighted by atomic mass is 10.4. The van der Waals surface area contributed by atoms with Gasteiger partial charge in [0.15, 0.2) is 0 Å². The molecule has 0 aliphatic heterocycles. The van der Waals surface area contributed by atoms with Crippen LogP contribution in [0, 0.1) is 0 Å². The lowest BCUT2D eigenvalue weighted by molar-refractivity contribution is -0.217. The Morgan fingerprint density at radius 1 is 0.722 bits per heavy atom. The van der Waals surface area contributed by atoms with Gasteiger partial charge in [0.05, 0.1) is 0 Å². The highest BCUT2D eigenvalue weighted by atomic mass is 17.3. The van der Waals surface area contributed by atoms with Crippen LogP contribution >= 0.6 is 0 Å². The van der Waals surface area contributed by atoms with Gasteiger partial charge in [-0.25, -0.2) is 9.59 Å². The smallest absolute Gasteiger partial charge is 0.354 e. The molecule has 0 aliphatic rings. The molecule has 98 valence electrons. The van der Waals surface area contributed by atoms with E-state index in [0.29, 0.717) is 0 Å². The van der Waals surface area contributed by atoms with Crippen LogP contribution in [0.25, 0.3) is 0 Å². The number of hydrogen-bond donors (Lipinski definition) is 0. The van der Waals surface area contributed by atoms with Crippen molar-refractivity contribution in [2.75, 3.05) is 0 Å². The van der Waals surface area contributed by atoms with Gasteiger partial charge in [-0.15, -0.1) is 0 Å². The van der Waals surface area contributed by atoms with Crippen LogP contribution in [0.15, 0.2) is 24.3 Å². The molecule has 0 spiro atoms. The Labute approximate surface area is 102 Å². The SMILES string of the molecule is C=C(C)C(=O)OC(=O)OOC(=O)OC(=O)C(=C)C. The molecule has 0 unspecified atom stereocenters. The van der Waals surface area contributed by atoms with E-state index >= 15 is 0 Å². The fourth-order valence-corrected chi connectivity index (χ4v) is 0.428. The van der Waals surface area contributed by atoms with Crippen molar-refractivity contribution in [2.45, 2.75) is 13.8 Å². The van der Waals surface area contributed by atoms with Crippen LogP contribution in [-0.2, 0) is 28.8 Å². The van der Waals surface area contributed by atoms with Crippen molar-refractivity contribution in [3.05, 3.63) is 24.3 Å². The second kappa shape index (κ2) is 6.84. The summed E-state index contributed by atoms with van der Waals surface area (Å²) in [7, 11) is 0. The van der Waals surface area contributed by atoms with E-state index in [1.54, 1.807) is 0 Å². The first-order chi connectivity index (χ1) is 8.23. The second-order valence-corrected chi connectivity index (χ2v) is 3.01. The zero-order valence-electron chi connectivity index (χ0n) is 9.68. The molecular weight excluding hydrogens is 248 g/mol. The van der Waals surface area contributed by atoms with E-state index in [-0.39, 0.29) is 11.1 Å². The molecule has 0 N–H and O–H groups in total. The fraction of sp³-hybridized carbons (Fsp3) is 0.200. The molecule has 0 aliphatic carbocycles. The van der Waals surface area contributed by atoms with E-state index in [1.165, 1.54) is 13.8 Å². The van der Waals surface area contributed by atoms with Gasteiger partial charge in [-0.05, 0) is 13.8 Å². The van der Waals surface area contributed by atoms with Crippen LogP contribution in [0.5, 0.6) is 0 Å². The topological polar surface area (TPSA) is 105 Å². The number of carbonyl (C=O) groups excluding carboxylic acids is 4. The molecule has 0 aromatic carbocycles. The van der Waals surface area contributed by atoms with E-state index < -0.39 is 24.2 Å². The minimum atomic E-state index is -1.61. The molecule has 18 heavy (non-hydrogen) atoms. The lowest BCUT2D eigenvalue weighted by Gasteiger charge is -2.02. The molecule has 0 heterocycles. The summed E-state index contributed by atoms with van der Waals surface area (Å²) < 4.78 is 7.96. The van der Waals surface area contributed by atoms with Crippen molar-refractivity contribution >= 4 is 24.2 Å². The average molecular weight is 258 g/mol. The third-order valence-electron chi connectivity index (χ3n) is 1.23. The van der Waals surface area contributed by atoms with Crippen molar-refractivity contribution < 1.29 is 38.4 Å². The summed E-state index contributed by atoms with van der Waals surface area (Å²) in [4.78, 5) is 50.5. The van der Waals surface area contributed by atoms with Gasteiger partial charge in [0, 0.05) is 11.1 Å². The molecule has 0 atom stereocenters. The zero-order valence-corrected chi connectivity index (χ0v) is 9.68. The Hall–Kier alpha value is -2.64. The summed E-state index contributed by atoms with van der Waals surface area (Å²) in [6, 6.07) is 0. The maximum atomic E-state index is 10.8. The fourth-order valence-electron chi connectivity index (χ4n) is 0.428. The molecule has 0 saturated carbocycles. The average Bonchev–Trinajstić information content (AvgIpc) is 2.25. The molecule has 0 radical (unpaired) electrons. The predicted molar refractivity (Wildman–Crippen MR) is 54.8 cm³/mol. The minimum absolute atomic E-state index is 0.0630. The van der Waals surface area contributed by atoms with Gasteiger partial charge in [-0.2, -0.15) is 19.4 Å². The molecule has 0 bridgehead atoms. The summed E-state index contributed by atoms with van der Waals surface area (Å²) in [5.41, 5.74) is -0.126. The van der Waals surface area contributed by atoms with E-state index in [4.69, 9.17) is 0 Å². The molecule has 0 amide bonds. The number of ether oxygens (including phenoxy) is 2. The largest absolute Gasteiger partial charge is 0.558 e. The molecule has 0 fully saturated rings. The van der Waals surface area contributed by atoms with Gasteiger partial charge in [0.1, 0.15) is 0 Å². The lowest BCUT2D eigenvalue weighted by Crippen LogP contribution is -2.19. The third kappa shape index (κ3) is 6.05. The highest BCUT2D eigenvalue weighted by Crippen LogP contribution is 1.98. The number of rotatable bonds is 2. The first kappa shape index (κ1) is 15.4. The van der Waals surface area contributed by atoms with Crippen molar-refractivity contribution in [3.8, 4) is 0 Å². The molecule has 0 aromatic heterocycles. The van der Waals surface area contributed by atoms with Crippen molar-refractivity contribution in [2.24, 2.45) is 0 Å². The minimum Gasteiger partial charge on any atom is -0.354 e. The normalized spacial score (nSPS) is 8.78. The van der Waals surface area contributed by atoms with Crippen molar-refractivity contribution in [3.63, 3.8) is 0 Å². The first-order valence-corrected chi connectivity index (χ1v) is 4.42. The summed E-state index contributed by atoms with van der Waals surface area (Å²) >= 11 is 0. The van der Waals surface area contributed by atoms with Gasteiger partial charge < -0.3 is 9.47 Å².